The minimum absolute atomic E-state index is 0.751. The van der Waals surface area contributed by atoms with Gasteiger partial charge in [0.2, 0.25) is 0 Å². The molecule has 90 valence electrons. The number of aryl methyl sites for hydroxylation is 1. The van der Waals surface area contributed by atoms with Crippen LogP contribution < -0.4 is 0 Å². The van der Waals surface area contributed by atoms with Crippen molar-refractivity contribution in [1.82, 2.24) is 4.57 Å². The minimum Gasteiger partial charge on any atom is -0.353 e. The second kappa shape index (κ2) is 5.67. The standard InChI is InChI=1S/C15H19NO/c1-2-3-4-5-8-16-10-14-7-6-13(12-17)9-15(14)11-16/h6-7,9-12H,2-5,8H2,1H3. The predicted octanol–water partition coefficient (Wildman–Crippen LogP) is 4.03. The Morgan fingerprint density at radius 1 is 1.12 bits per heavy atom. The molecule has 0 saturated carbocycles. The SMILES string of the molecule is CCCCCCn1cc2ccc(C=O)cc2c1. The maximum Gasteiger partial charge on any atom is 0.150 e. The van der Waals surface area contributed by atoms with Gasteiger partial charge in [-0.2, -0.15) is 0 Å². The van der Waals surface area contributed by atoms with Crippen LogP contribution in [0.2, 0.25) is 0 Å². The molecule has 17 heavy (non-hydrogen) atoms. The van der Waals surface area contributed by atoms with Gasteiger partial charge < -0.3 is 4.57 Å². The lowest BCUT2D eigenvalue weighted by atomic mass is 10.1. The van der Waals surface area contributed by atoms with Gasteiger partial charge in [-0.1, -0.05) is 38.3 Å². The second-order valence-electron chi connectivity index (χ2n) is 4.56. The Morgan fingerprint density at radius 2 is 1.94 bits per heavy atom. The van der Waals surface area contributed by atoms with E-state index < -0.39 is 0 Å². The molecule has 0 fully saturated rings. The molecule has 0 aliphatic rings. The van der Waals surface area contributed by atoms with Crippen molar-refractivity contribution in [2.45, 2.75) is 39.2 Å². The number of carbonyl (C=O) groups excluding carboxylic acids is 1. The molecule has 0 amide bonds. The molecule has 0 spiro atoms. The van der Waals surface area contributed by atoms with Gasteiger partial charge in [0, 0.05) is 29.9 Å². The summed E-state index contributed by atoms with van der Waals surface area (Å²) >= 11 is 0. The molecule has 0 saturated heterocycles. The molecular formula is C15H19NO. The molecule has 2 nitrogen and oxygen atoms in total. The van der Waals surface area contributed by atoms with Crippen LogP contribution in [0.4, 0.5) is 0 Å². The summed E-state index contributed by atoms with van der Waals surface area (Å²) in [5.41, 5.74) is 0.751. The van der Waals surface area contributed by atoms with Crippen LogP contribution in [0.15, 0.2) is 30.6 Å². The maximum atomic E-state index is 10.7. The van der Waals surface area contributed by atoms with Crippen LogP contribution in [0.5, 0.6) is 0 Å². The van der Waals surface area contributed by atoms with Gasteiger partial charge in [0.15, 0.2) is 0 Å². The number of nitrogens with zero attached hydrogens (tertiary/aromatic N) is 1. The lowest BCUT2D eigenvalue weighted by molar-refractivity contribution is 0.112. The van der Waals surface area contributed by atoms with E-state index in [1.165, 1.54) is 31.1 Å². The predicted molar refractivity (Wildman–Crippen MR) is 71.5 cm³/mol. The van der Waals surface area contributed by atoms with E-state index in [9.17, 15) is 4.79 Å². The van der Waals surface area contributed by atoms with Crippen molar-refractivity contribution in [2.24, 2.45) is 0 Å². The van der Waals surface area contributed by atoms with Crippen molar-refractivity contribution in [3.63, 3.8) is 0 Å². The summed E-state index contributed by atoms with van der Waals surface area (Å²) in [4.78, 5) is 10.7. The first kappa shape index (κ1) is 11.9. The molecule has 0 aliphatic carbocycles. The number of aromatic nitrogens is 1. The molecule has 1 aromatic heterocycles. The lowest BCUT2D eigenvalue weighted by Gasteiger charge is -2.01. The Bertz CT molecular complexity index is 499. The summed E-state index contributed by atoms with van der Waals surface area (Å²) in [5.74, 6) is 0. The molecule has 0 N–H and O–H groups in total. The second-order valence-corrected chi connectivity index (χ2v) is 4.56. The zero-order valence-corrected chi connectivity index (χ0v) is 10.4. The highest BCUT2D eigenvalue weighted by Gasteiger charge is 2.00. The number of unbranched alkanes of at least 4 members (excludes halogenated alkanes) is 3. The maximum absolute atomic E-state index is 10.7. The van der Waals surface area contributed by atoms with Crippen LogP contribution in [-0.4, -0.2) is 10.9 Å². The van der Waals surface area contributed by atoms with Gasteiger partial charge in [-0.25, -0.2) is 0 Å². The molecule has 1 heterocycles. The van der Waals surface area contributed by atoms with Gasteiger partial charge >= 0.3 is 0 Å². The molecule has 0 radical (unpaired) electrons. The Balaban J connectivity index is 2.06. The van der Waals surface area contributed by atoms with E-state index in [2.05, 4.69) is 23.9 Å². The van der Waals surface area contributed by atoms with Crippen molar-refractivity contribution in [3.8, 4) is 0 Å². The first-order chi connectivity index (χ1) is 8.33. The third-order valence-corrected chi connectivity index (χ3v) is 3.13. The average molecular weight is 229 g/mol. The van der Waals surface area contributed by atoms with Gasteiger partial charge in [-0.3, -0.25) is 4.79 Å². The number of carbonyl (C=O) groups is 1. The quantitative estimate of drug-likeness (QED) is 0.541. The zero-order valence-electron chi connectivity index (χ0n) is 10.4. The lowest BCUT2D eigenvalue weighted by Crippen LogP contribution is -1.93. The number of fused-ring (bicyclic) bond motifs is 1. The molecule has 1 aromatic carbocycles. The van der Waals surface area contributed by atoms with Crippen molar-refractivity contribution in [3.05, 3.63) is 36.2 Å². The fourth-order valence-corrected chi connectivity index (χ4v) is 2.14. The van der Waals surface area contributed by atoms with Crippen LogP contribution in [0.25, 0.3) is 10.8 Å². The molecule has 2 aromatic rings. The molecule has 0 aliphatic heterocycles. The van der Waals surface area contributed by atoms with Crippen LogP contribution in [-0.2, 0) is 6.54 Å². The summed E-state index contributed by atoms with van der Waals surface area (Å²) in [5, 5.41) is 2.37. The summed E-state index contributed by atoms with van der Waals surface area (Å²) in [6, 6.07) is 5.84. The third-order valence-electron chi connectivity index (χ3n) is 3.13. The van der Waals surface area contributed by atoms with Crippen LogP contribution >= 0.6 is 0 Å². The highest BCUT2D eigenvalue weighted by atomic mass is 16.1. The van der Waals surface area contributed by atoms with E-state index in [-0.39, 0.29) is 0 Å². The summed E-state index contributed by atoms with van der Waals surface area (Å²) in [7, 11) is 0. The van der Waals surface area contributed by atoms with Crippen molar-refractivity contribution in [2.75, 3.05) is 0 Å². The highest BCUT2D eigenvalue weighted by molar-refractivity contribution is 5.88. The first-order valence-corrected chi connectivity index (χ1v) is 6.38. The number of aldehydes is 1. The molecular weight excluding hydrogens is 210 g/mol. The van der Waals surface area contributed by atoms with Gasteiger partial charge in [0.05, 0.1) is 0 Å². The largest absolute Gasteiger partial charge is 0.353 e. The summed E-state index contributed by atoms with van der Waals surface area (Å²) in [6.07, 6.45) is 10.3. The van der Waals surface area contributed by atoms with Crippen molar-refractivity contribution >= 4 is 17.1 Å². The fourth-order valence-electron chi connectivity index (χ4n) is 2.14. The van der Waals surface area contributed by atoms with Crippen LogP contribution in [0.1, 0.15) is 43.0 Å². The molecule has 2 rings (SSSR count). The molecule has 0 bridgehead atoms. The Morgan fingerprint density at radius 3 is 2.71 bits per heavy atom. The first-order valence-electron chi connectivity index (χ1n) is 6.38. The van der Waals surface area contributed by atoms with E-state index in [1.54, 1.807) is 0 Å². The number of rotatable bonds is 6. The van der Waals surface area contributed by atoms with Gasteiger partial charge in [-0.05, 0) is 17.9 Å². The molecule has 0 unspecified atom stereocenters. The Labute approximate surface area is 102 Å². The number of hydrogen-bond donors (Lipinski definition) is 0. The van der Waals surface area contributed by atoms with Gasteiger partial charge in [0.1, 0.15) is 6.29 Å². The van der Waals surface area contributed by atoms with Crippen molar-refractivity contribution < 1.29 is 4.79 Å². The Hall–Kier alpha value is -1.57. The van der Waals surface area contributed by atoms with E-state index in [0.29, 0.717) is 0 Å². The third kappa shape index (κ3) is 2.96. The fraction of sp³-hybridized carbons (Fsp3) is 0.400. The normalized spacial score (nSPS) is 10.9. The molecule has 0 atom stereocenters. The highest BCUT2D eigenvalue weighted by Crippen LogP contribution is 2.17. The summed E-state index contributed by atoms with van der Waals surface area (Å²) < 4.78 is 2.23. The van der Waals surface area contributed by atoms with E-state index in [1.807, 2.05) is 18.2 Å². The topological polar surface area (TPSA) is 22.0 Å². The smallest absolute Gasteiger partial charge is 0.150 e. The van der Waals surface area contributed by atoms with E-state index >= 15 is 0 Å². The summed E-state index contributed by atoms with van der Waals surface area (Å²) in [6.45, 7) is 3.30. The molecule has 2 heteroatoms. The van der Waals surface area contributed by atoms with Crippen molar-refractivity contribution in [1.29, 1.82) is 0 Å². The monoisotopic (exact) mass is 229 g/mol. The number of benzene rings is 1. The Kier molecular flexibility index (Phi) is 3.97. The zero-order chi connectivity index (χ0) is 12.1. The van der Waals surface area contributed by atoms with Gasteiger partial charge in [0.25, 0.3) is 0 Å². The van der Waals surface area contributed by atoms with E-state index in [4.69, 9.17) is 0 Å². The van der Waals surface area contributed by atoms with Crippen LogP contribution in [0, 0.1) is 0 Å². The van der Waals surface area contributed by atoms with Crippen LogP contribution in [0.3, 0.4) is 0 Å². The average Bonchev–Trinajstić information content (AvgIpc) is 2.76. The number of hydrogen-bond acceptors (Lipinski definition) is 1. The van der Waals surface area contributed by atoms with E-state index in [0.717, 1.165) is 23.8 Å². The van der Waals surface area contributed by atoms with Gasteiger partial charge in [-0.15, -0.1) is 0 Å². The minimum atomic E-state index is 0.751.